The van der Waals surface area contributed by atoms with Crippen LogP contribution in [-0.2, 0) is 36.7 Å². The highest BCUT2D eigenvalue weighted by Gasteiger charge is 2.38. The van der Waals surface area contributed by atoms with E-state index in [2.05, 4.69) is 10.6 Å². The van der Waals surface area contributed by atoms with Gasteiger partial charge in [-0.2, -0.15) is 0 Å². The minimum absolute atomic E-state index is 0.00398. The third kappa shape index (κ3) is 12.5. The molecule has 49 heavy (non-hydrogen) atoms. The Bertz CT molecular complexity index is 1560. The highest BCUT2D eigenvalue weighted by atomic mass is 16.6. The molecule has 0 radical (unpaired) electrons. The van der Waals surface area contributed by atoms with Gasteiger partial charge in [0.25, 0.3) is 0 Å². The molecule has 0 fully saturated rings. The summed E-state index contributed by atoms with van der Waals surface area (Å²) in [7, 11) is 0. The van der Waals surface area contributed by atoms with Crippen molar-refractivity contribution in [2.24, 2.45) is 0 Å². The van der Waals surface area contributed by atoms with Crippen LogP contribution in [0.3, 0.4) is 0 Å². The maximum Gasteiger partial charge on any atom is 0.408 e. The first kappa shape index (κ1) is 38.3. The molecule has 0 saturated heterocycles. The Labute approximate surface area is 287 Å². The van der Waals surface area contributed by atoms with Crippen molar-refractivity contribution in [1.82, 2.24) is 15.5 Å². The van der Waals surface area contributed by atoms with E-state index in [1.165, 1.54) is 36.4 Å². The number of benzene rings is 3. The van der Waals surface area contributed by atoms with Crippen LogP contribution >= 0.6 is 0 Å². The highest BCUT2D eigenvalue weighted by Crippen LogP contribution is 2.27. The van der Waals surface area contributed by atoms with Crippen molar-refractivity contribution >= 4 is 23.9 Å². The maximum absolute atomic E-state index is 14.5. The normalized spacial score (nSPS) is 13.4. The topological polar surface area (TPSA) is 175 Å². The molecule has 264 valence electrons. The Balaban J connectivity index is 2.08. The lowest BCUT2D eigenvalue weighted by Gasteiger charge is -2.35. The molecule has 0 spiro atoms. The number of aliphatic hydroxyl groups is 1. The third-order valence-corrected chi connectivity index (χ3v) is 7.03. The zero-order valence-corrected chi connectivity index (χ0v) is 28.8. The number of ether oxygens (including phenoxy) is 2. The van der Waals surface area contributed by atoms with Crippen LogP contribution in [0.5, 0.6) is 11.5 Å². The number of carbonyl (C=O) groups is 4. The Hall–Kier alpha value is -5.10. The predicted molar refractivity (Wildman–Crippen MR) is 183 cm³/mol. The van der Waals surface area contributed by atoms with Crippen molar-refractivity contribution in [1.29, 1.82) is 0 Å². The van der Waals surface area contributed by atoms with Crippen LogP contribution in [0.15, 0.2) is 78.9 Å². The standard InChI is InChI=1S/C37H47N3O9/c1-36(2,3)48-34(46)30(22-24-11-8-7-9-12-24)38-32(44)31(26-13-10-14-28(43)23-26)40(19-20-41)33(45)29(39-35(47)49-37(4,5)6)21-25-15-17-27(42)18-16-25/h7-18,23,29-31,41-43H,19-22H2,1-6H3,(H,38,44)(H,39,47). The number of amides is 3. The molecule has 0 aliphatic carbocycles. The van der Waals surface area contributed by atoms with Gasteiger partial charge in [0.2, 0.25) is 11.8 Å². The second kappa shape index (κ2) is 16.8. The number of hydrogen-bond donors (Lipinski definition) is 5. The molecule has 0 saturated carbocycles. The van der Waals surface area contributed by atoms with E-state index in [1.54, 1.807) is 77.9 Å². The molecule has 0 aliphatic heterocycles. The second-order valence-corrected chi connectivity index (χ2v) is 13.6. The Morgan fingerprint density at radius 2 is 1.31 bits per heavy atom. The van der Waals surface area contributed by atoms with Crippen molar-refractivity contribution < 1.29 is 44.0 Å². The fourth-order valence-electron chi connectivity index (χ4n) is 5.03. The van der Waals surface area contributed by atoms with Gasteiger partial charge in [0.05, 0.1) is 6.61 Å². The van der Waals surface area contributed by atoms with Crippen molar-refractivity contribution in [3.05, 3.63) is 95.6 Å². The summed E-state index contributed by atoms with van der Waals surface area (Å²) in [6.07, 6.45) is -0.880. The van der Waals surface area contributed by atoms with Crippen LogP contribution in [0.4, 0.5) is 4.79 Å². The molecule has 0 heterocycles. The number of alkyl carbamates (subject to hydrolysis) is 1. The third-order valence-electron chi connectivity index (χ3n) is 7.03. The van der Waals surface area contributed by atoms with E-state index in [0.29, 0.717) is 5.56 Å². The van der Waals surface area contributed by atoms with Crippen LogP contribution in [0, 0.1) is 0 Å². The largest absolute Gasteiger partial charge is 0.508 e. The second-order valence-electron chi connectivity index (χ2n) is 13.6. The molecular weight excluding hydrogens is 630 g/mol. The van der Waals surface area contributed by atoms with Crippen molar-refractivity contribution in [3.63, 3.8) is 0 Å². The lowest BCUT2D eigenvalue weighted by molar-refractivity contribution is -0.159. The quantitative estimate of drug-likeness (QED) is 0.166. The summed E-state index contributed by atoms with van der Waals surface area (Å²) in [5.41, 5.74) is -0.258. The number of carbonyl (C=O) groups excluding carboxylic acids is 4. The number of rotatable bonds is 13. The van der Waals surface area contributed by atoms with E-state index < -0.39 is 59.8 Å². The van der Waals surface area contributed by atoms with Gasteiger partial charge in [-0.1, -0.05) is 54.6 Å². The first-order chi connectivity index (χ1) is 23.0. The van der Waals surface area contributed by atoms with Crippen LogP contribution in [-0.4, -0.2) is 80.5 Å². The summed E-state index contributed by atoms with van der Waals surface area (Å²) in [6.45, 7) is 9.19. The van der Waals surface area contributed by atoms with Gasteiger partial charge in [-0.3, -0.25) is 9.59 Å². The number of nitrogens with zero attached hydrogens (tertiary/aromatic N) is 1. The summed E-state index contributed by atoms with van der Waals surface area (Å²) in [5, 5.41) is 35.7. The van der Waals surface area contributed by atoms with Crippen LogP contribution in [0.1, 0.15) is 64.3 Å². The molecule has 3 aromatic carbocycles. The van der Waals surface area contributed by atoms with Gasteiger partial charge in [-0.25, -0.2) is 9.59 Å². The summed E-state index contributed by atoms with van der Waals surface area (Å²) < 4.78 is 11.1. The number of hydrogen-bond acceptors (Lipinski definition) is 9. The Morgan fingerprint density at radius 1 is 0.714 bits per heavy atom. The minimum atomic E-state index is -1.48. The minimum Gasteiger partial charge on any atom is -0.508 e. The molecule has 3 rings (SSSR count). The molecule has 12 nitrogen and oxygen atoms in total. The number of esters is 1. The first-order valence-electron chi connectivity index (χ1n) is 16.0. The molecule has 3 amide bonds. The van der Waals surface area contributed by atoms with E-state index in [-0.39, 0.29) is 36.4 Å². The SMILES string of the molecule is CC(C)(C)OC(=O)NC(Cc1ccc(O)cc1)C(=O)N(CCO)C(C(=O)NC(Cc1ccccc1)C(=O)OC(C)(C)C)c1cccc(O)c1. The van der Waals surface area contributed by atoms with Gasteiger partial charge in [0.15, 0.2) is 0 Å². The fourth-order valence-corrected chi connectivity index (χ4v) is 5.03. The Kier molecular flexibility index (Phi) is 13.2. The average Bonchev–Trinajstić information content (AvgIpc) is 2.99. The molecule has 3 aromatic rings. The molecular formula is C37H47N3O9. The van der Waals surface area contributed by atoms with E-state index >= 15 is 0 Å². The van der Waals surface area contributed by atoms with Gasteiger partial charge in [-0.05, 0) is 82.5 Å². The van der Waals surface area contributed by atoms with Crippen molar-refractivity contribution in [2.45, 2.75) is 83.7 Å². The van der Waals surface area contributed by atoms with Gasteiger partial charge >= 0.3 is 12.1 Å². The smallest absolute Gasteiger partial charge is 0.408 e. The summed E-state index contributed by atoms with van der Waals surface area (Å²) >= 11 is 0. The predicted octanol–water partition coefficient (Wildman–Crippen LogP) is 4.17. The monoisotopic (exact) mass is 677 g/mol. The van der Waals surface area contributed by atoms with E-state index in [4.69, 9.17) is 9.47 Å². The highest BCUT2D eigenvalue weighted by molar-refractivity contribution is 5.94. The molecule has 0 aliphatic rings. The summed E-state index contributed by atoms with van der Waals surface area (Å²) in [6, 6.07) is 16.8. The van der Waals surface area contributed by atoms with Crippen LogP contribution in [0.2, 0.25) is 0 Å². The van der Waals surface area contributed by atoms with Gasteiger partial charge in [0.1, 0.15) is 40.8 Å². The van der Waals surface area contributed by atoms with Gasteiger partial charge in [-0.15, -0.1) is 0 Å². The van der Waals surface area contributed by atoms with Gasteiger partial charge in [0, 0.05) is 19.4 Å². The van der Waals surface area contributed by atoms with E-state index in [1.807, 2.05) is 6.07 Å². The average molecular weight is 678 g/mol. The molecule has 5 N–H and O–H groups in total. The lowest BCUT2D eigenvalue weighted by Crippen LogP contribution is -2.56. The molecule has 12 heteroatoms. The van der Waals surface area contributed by atoms with Crippen LogP contribution in [0.25, 0.3) is 0 Å². The van der Waals surface area contributed by atoms with Crippen LogP contribution < -0.4 is 10.6 Å². The molecule has 0 aromatic heterocycles. The molecule has 3 atom stereocenters. The summed E-state index contributed by atoms with van der Waals surface area (Å²) in [5.74, 6) is -2.43. The zero-order valence-electron chi connectivity index (χ0n) is 28.8. The maximum atomic E-state index is 14.5. The van der Waals surface area contributed by atoms with Crippen molar-refractivity contribution in [2.75, 3.05) is 13.2 Å². The zero-order chi connectivity index (χ0) is 36.4. The summed E-state index contributed by atoms with van der Waals surface area (Å²) in [4.78, 5) is 56.3. The van der Waals surface area contributed by atoms with Crippen molar-refractivity contribution in [3.8, 4) is 11.5 Å². The fraction of sp³-hybridized carbons (Fsp3) is 0.405. The number of aromatic hydroxyl groups is 2. The Morgan fingerprint density at radius 3 is 1.88 bits per heavy atom. The number of nitrogens with one attached hydrogen (secondary N) is 2. The van der Waals surface area contributed by atoms with E-state index in [0.717, 1.165) is 10.5 Å². The first-order valence-corrected chi connectivity index (χ1v) is 16.0. The molecule has 0 bridgehead atoms. The lowest BCUT2D eigenvalue weighted by atomic mass is 9.99. The number of phenolic OH excluding ortho intramolecular Hbond substituents is 2. The molecule has 3 unspecified atom stereocenters. The van der Waals surface area contributed by atoms with E-state index in [9.17, 15) is 34.5 Å². The van der Waals surface area contributed by atoms with Gasteiger partial charge < -0.3 is 40.3 Å². The number of phenols is 2. The number of aliphatic hydroxyl groups excluding tert-OH is 1.